The number of aliphatic carboxylic acids is 1. The molecular formula is C26H39NO9. The van der Waals surface area contributed by atoms with Crippen molar-refractivity contribution in [1.82, 2.24) is 0 Å². The Morgan fingerprint density at radius 1 is 0.889 bits per heavy atom. The van der Waals surface area contributed by atoms with Gasteiger partial charge in [0.15, 0.2) is 11.5 Å². The molecule has 1 aromatic rings. The molecule has 0 aliphatic carbocycles. The number of carboxylic acid groups (broad SMARTS) is 1. The maximum atomic E-state index is 12.1. The number of esters is 2. The van der Waals surface area contributed by atoms with Crippen molar-refractivity contribution in [2.45, 2.75) is 104 Å². The summed E-state index contributed by atoms with van der Waals surface area (Å²) in [6.45, 7) is 8.88. The van der Waals surface area contributed by atoms with Crippen LogP contribution in [0, 0.1) is 0 Å². The van der Waals surface area contributed by atoms with E-state index in [4.69, 9.17) is 24.7 Å². The van der Waals surface area contributed by atoms with E-state index in [0.717, 1.165) is 6.42 Å². The monoisotopic (exact) mass is 509 g/mol. The second-order valence-corrected chi connectivity index (χ2v) is 8.97. The first kappa shape index (κ1) is 30.9. The highest BCUT2D eigenvalue weighted by atomic mass is 16.7. The van der Waals surface area contributed by atoms with E-state index in [9.17, 15) is 24.3 Å². The number of benzene rings is 1. The number of rotatable bonds is 15. The van der Waals surface area contributed by atoms with Gasteiger partial charge in [0, 0.05) is 25.7 Å². The summed E-state index contributed by atoms with van der Waals surface area (Å²) in [5.41, 5.74) is 4.86. The molecule has 3 N–H and O–H groups in total. The fourth-order valence-corrected chi connectivity index (χ4v) is 3.56. The SMILES string of the molecule is CCCC(=O)Oc1ccc(CC(N)(C[C@H](C)OC(=O)OC(C)CCC)C(=O)O)cc1OC(=O)CCC. The summed E-state index contributed by atoms with van der Waals surface area (Å²) >= 11 is 0. The number of ether oxygens (including phenoxy) is 4. The van der Waals surface area contributed by atoms with Crippen LogP contribution in [0.15, 0.2) is 18.2 Å². The standard InChI is InChI=1S/C26H39NO9/c1-6-9-17(4)33-25(32)34-18(5)15-26(27,24(30)31)16-19-12-13-20(35-22(28)10-7-2)21(14-19)36-23(29)11-8-3/h12-14,17-18H,6-11,15-16,27H2,1-5H3,(H,30,31)/t17?,18-,26?/m0/s1. The van der Waals surface area contributed by atoms with E-state index in [1.54, 1.807) is 13.0 Å². The Morgan fingerprint density at radius 3 is 1.97 bits per heavy atom. The van der Waals surface area contributed by atoms with Crippen molar-refractivity contribution in [3.05, 3.63) is 23.8 Å². The second kappa shape index (κ2) is 15.1. The molecule has 0 aliphatic rings. The van der Waals surface area contributed by atoms with Crippen LogP contribution in [0.4, 0.5) is 4.79 Å². The van der Waals surface area contributed by atoms with E-state index in [1.807, 2.05) is 20.8 Å². The van der Waals surface area contributed by atoms with E-state index in [1.165, 1.54) is 19.1 Å². The third-order valence-corrected chi connectivity index (χ3v) is 5.25. The average Bonchev–Trinajstić information content (AvgIpc) is 2.75. The summed E-state index contributed by atoms with van der Waals surface area (Å²) < 4.78 is 21.1. The third kappa shape index (κ3) is 10.6. The van der Waals surface area contributed by atoms with Crippen molar-refractivity contribution in [3.63, 3.8) is 0 Å². The summed E-state index contributed by atoms with van der Waals surface area (Å²) in [7, 11) is 0. The lowest BCUT2D eigenvalue weighted by Gasteiger charge is -2.28. The molecule has 10 heteroatoms. The number of hydrogen-bond donors (Lipinski definition) is 2. The molecule has 0 fully saturated rings. The van der Waals surface area contributed by atoms with Gasteiger partial charge in [-0.3, -0.25) is 14.4 Å². The minimum Gasteiger partial charge on any atom is -0.480 e. The van der Waals surface area contributed by atoms with Crippen molar-refractivity contribution < 1.29 is 43.2 Å². The lowest BCUT2D eigenvalue weighted by molar-refractivity contribution is -0.145. The smallest absolute Gasteiger partial charge is 0.480 e. The van der Waals surface area contributed by atoms with Gasteiger partial charge in [0.2, 0.25) is 0 Å². The highest BCUT2D eigenvalue weighted by molar-refractivity contribution is 5.79. The first-order chi connectivity index (χ1) is 16.9. The van der Waals surface area contributed by atoms with Crippen molar-refractivity contribution in [2.75, 3.05) is 0 Å². The van der Waals surface area contributed by atoms with Gasteiger partial charge in [-0.15, -0.1) is 0 Å². The van der Waals surface area contributed by atoms with Crippen LogP contribution in [0.2, 0.25) is 0 Å². The number of nitrogens with two attached hydrogens (primary N) is 1. The van der Waals surface area contributed by atoms with Crippen LogP contribution < -0.4 is 15.2 Å². The molecule has 0 heterocycles. The molecule has 10 nitrogen and oxygen atoms in total. The molecule has 0 bridgehead atoms. The molecule has 0 amide bonds. The number of carbonyl (C=O) groups excluding carboxylic acids is 3. The summed E-state index contributed by atoms with van der Waals surface area (Å²) in [6.07, 6.45) is 0.579. The first-order valence-electron chi connectivity index (χ1n) is 12.4. The Balaban J connectivity index is 3.07. The molecular weight excluding hydrogens is 470 g/mol. The molecule has 2 unspecified atom stereocenters. The van der Waals surface area contributed by atoms with Gasteiger partial charge in [-0.1, -0.05) is 33.3 Å². The van der Waals surface area contributed by atoms with Crippen LogP contribution in [-0.4, -0.2) is 46.9 Å². The van der Waals surface area contributed by atoms with E-state index in [-0.39, 0.29) is 43.3 Å². The van der Waals surface area contributed by atoms with Gasteiger partial charge >= 0.3 is 24.1 Å². The Labute approximate surface area is 212 Å². The van der Waals surface area contributed by atoms with E-state index < -0.39 is 35.7 Å². The highest BCUT2D eigenvalue weighted by Gasteiger charge is 2.37. The fraction of sp³-hybridized carbons (Fsp3) is 0.615. The average molecular weight is 510 g/mol. The van der Waals surface area contributed by atoms with Gasteiger partial charge in [0.25, 0.3) is 0 Å². The zero-order valence-electron chi connectivity index (χ0n) is 21.8. The molecule has 36 heavy (non-hydrogen) atoms. The van der Waals surface area contributed by atoms with Crippen molar-refractivity contribution >= 4 is 24.1 Å². The van der Waals surface area contributed by atoms with E-state index in [2.05, 4.69) is 0 Å². The molecule has 0 saturated carbocycles. The molecule has 0 aliphatic heterocycles. The molecule has 202 valence electrons. The molecule has 0 spiro atoms. The lowest BCUT2D eigenvalue weighted by Crippen LogP contribution is -2.52. The molecule has 3 atom stereocenters. The van der Waals surface area contributed by atoms with Crippen LogP contribution in [0.3, 0.4) is 0 Å². The van der Waals surface area contributed by atoms with Gasteiger partial charge in [0.1, 0.15) is 17.7 Å². The minimum atomic E-state index is -1.81. The molecule has 1 rings (SSSR count). The molecule has 0 aromatic heterocycles. The van der Waals surface area contributed by atoms with Crippen molar-refractivity contribution in [1.29, 1.82) is 0 Å². The summed E-state index contributed by atoms with van der Waals surface area (Å²) in [5.74, 6) is -2.24. The largest absolute Gasteiger partial charge is 0.508 e. The van der Waals surface area contributed by atoms with Crippen molar-refractivity contribution in [2.24, 2.45) is 5.73 Å². The van der Waals surface area contributed by atoms with E-state index in [0.29, 0.717) is 24.8 Å². The summed E-state index contributed by atoms with van der Waals surface area (Å²) in [6, 6.07) is 4.41. The highest BCUT2D eigenvalue weighted by Crippen LogP contribution is 2.31. The third-order valence-electron chi connectivity index (χ3n) is 5.25. The van der Waals surface area contributed by atoms with Gasteiger partial charge in [-0.2, -0.15) is 0 Å². The van der Waals surface area contributed by atoms with Crippen LogP contribution in [-0.2, 0) is 30.3 Å². The van der Waals surface area contributed by atoms with Crippen LogP contribution >= 0.6 is 0 Å². The number of carboxylic acids is 1. The Morgan fingerprint density at radius 2 is 1.44 bits per heavy atom. The number of hydrogen-bond acceptors (Lipinski definition) is 9. The minimum absolute atomic E-state index is 0.000861. The normalized spacial score (nSPS) is 14.2. The van der Waals surface area contributed by atoms with Crippen LogP contribution in [0.25, 0.3) is 0 Å². The predicted octanol–water partition coefficient (Wildman–Crippen LogP) is 4.54. The molecule has 0 radical (unpaired) electrons. The van der Waals surface area contributed by atoms with Gasteiger partial charge in [-0.05, 0) is 50.8 Å². The molecule has 1 aromatic carbocycles. The predicted molar refractivity (Wildman–Crippen MR) is 132 cm³/mol. The lowest BCUT2D eigenvalue weighted by atomic mass is 9.86. The summed E-state index contributed by atoms with van der Waals surface area (Å²) in [4.78, 5) is 48.2. The zero-order chi connectivity index (χ0) is 27.3. The van der Waals surface area contributed by atoms with Gasteiger partial charge < -0.3 is 29.8 Å². The Hall–Kier alpha value is -3.14. The first-order valence-corrected chi connectivity index (χ1v) is 12.4. The number of carbonyl (C=O) groups is 4. The molecule has 0 saturated heterocycles. The van der Waals surface area contributed by atoms with Crippen LogP contribution in [0.1, 0.15) is 85.1 Å². The summed E-state index contributed by atoms with van der Waals surface area (Å²) in [5, 5.41) is 9.86. The quantitative estimate of drug-likeness (QED) is 0.254. The Bertz CT molecular complexity index is 901. The maximum absolute atomic E-state index is 12.1. The van der Waals surface area contributed by atoms with Gasteiger partial charge in [-0.25, -0.2) is 4.79 Å². The van der Waals surface area contributed by atoms with Crippen molar-refractivity contribution in [3.8, 4) is 11.5 Å². The van der Waals surface area contributed by atoms with Gasteiger partial charge in [0.05, 0.1) is 0 Å². The maximum Gasteiger partial charge on any atom is 0.508 e. The fourth-order valence-electron chi connectivity index (χ4n) is 3.56. The Kier molecular flexibility index (Phi) is 12.9. The topological polar surface area (TPSA) is 151 Å². The van der Waals surface area contributed by atoms with E-state index >= 15 is 0 Å². The zero-order valence-corrected chi connectivity index (χ0v) is 21.8. The van der Waals surface area contributed by atoms with Crippen LogP contribution in [0.5, 0.6) is 11.5 Å². The second-order valence-electron chi connectivity index (χ2n) is 8.97.